The zero-order valence-corrected chi connectivity index (χ0v) is 17.4. The van der Waals surface area contributed by atoms with Gasteiger partial charge in [0.25, 0.3) is 5.91 Å². The number of para-hydroxylation sites is 1. The van der Waals surface area contributed by atoms with Gasteiger partial charge < -0.3 is 24.7 Å². The molecule has 1 heterocycles. The van der Waals surface area contributed by atoms with E-state index in [-0.39, 0.29) is 12.5 Å². The number of amides is 1. The fourth-order valence-corrected chi connectivity index (χ4v) is 3.03. The number of methoxy groups -OCH3 is 1. The molecule has 0 atom stereocenters. The summed E-state index contributed by atoms with van der Waals surface area (Å²) in [5.41, 5.74) is 2.83. The molecule has 2 N–H and O–H groups in total. The summed E-state index contributed by atoms with van der Waals surface area (Å²) < 4.78 is 13.3. The number of ether oxygens (including phenoxy) is 2. The number of hydrogen-bond acceptors (Lipinski definition) is 5. The van der Waals surface area contributed by atoms with Gasteiger partial charge in [-0.1, -0.05) is 29.8 Å². The van der Waals surface area contributed by atoms with Crippen LogP contribution in [0.3, 0.4) is 0 Å². The minimum atomic E-state index is -0.219. The Morgan fingerprint density at radius 3 is 2.73 bits per heavy atom. The van der Waals surface area contributed by atoms with Crippen LogP contribution in [0.15, 0.2) is 61.2 Å². The third-order valence-electron chi connectivity index (χ3n) is 4.61. The molecule has 7 nitrogen and oxygen atoms in total. The van der Waals surface area contributed by atoms with Gasteiger partial charge in [0.15, 0.2) is 18.1 Å². The summed E-state index contributed by atoms with van der Waals surface area (Å²) >= 11 is 0. The van der Waals surface area contributed by atoms with Crippen LogP contribution in [-0.2, 0) is 17.9 Å². The van der Waals surface area contributed by atoms with Crippen LogP contribution in [0, 0.1) is 6.92 Å². The lowest BCUT2D eigenvalue weighted by Crippen LogP contribution is -2.22. The van der Waals surface area contributed by atoms with E-state index in [1.807, 2.05) is 61.9 Å². The van der Waals surface area contributed by atoms with Crippen LogP contribution in [0.5, 0.6) is 11.5 Å². The molecule has 0 saturated carbocycles. The Kier molecular flexibility index (Phi) is 7.86. The van der Waals surface area contributed by atoms with Gasteiger partial charge in [0, 0.05) is 36.7 Å². The Bertz CT molecular complexity index is 924. The van der Waals surface area contributed by atoms with Crippen LogP contribution < -0.4 is 20.1 Å². The summed E-state index contributed by atoms with van der Waals surface area (Å²) in [6, 6.07) is 13.4. The van der Waals surface area contributed by atoms with Crippen molar-refractivity contribution >= 4 is 11.6 Å². The second kappa shape index (κ2) is 11.0. The number of rotatable bonds is 11. The van der Waals surface area contributed by atoms with Crippen molar-refractivity contribution in [1.82, 2.24) is 14.9 Å². The standard InChI is InChI=1S/C23H28N4O3/c1-18-7-9-20(10-8-18)26-22(28)16-30-23-19(5-3-6-21(23)29-2)15-24-11-4-13-27-14-12-25-17-27/h3,5-10,12,14,17,24H,4,11,13,15-16H2,1-2H3,(H,26,28). The molecule has 2 aromatic carbocycles. The second-order valence-corrected chi connectivity index (χ2v) is 6.98. The SMILES string of the molecule is COc1cccc(CNCCCn2ccnc2)c1OCC(=O)Nc1ccc(C)cc1. The van der Waals surface area contributed by atoms with Crippen LogP contribution >= 0.6 is 0 Å². The van der Waals surface area contributed by atoms with Gasteiger partial charge in [-0.15, -0.1) is 0 Å². The van der Waals surface area contributed by atoms with Crippen molar-refractivity contribution in [2.75, 3.05) is 25.6 Å². The van der Waals surface area contributed by atoms with Gasteiger partial charge in [0.05, 0.1) is 13.4 Å². The molecule has 0 aliphatic rings. The molecule has 7 heteroatoms. The highest BCUT2D eigenvalue weighted by molar-refractivity contribution is 5.91. The number of anilines is 1. The maximum Gasteiger partial charge on any atom is 0.262 e. The van der Waals surface area contributed by atoms with E-state index < -0.39 is 0 Å². The number of aryl methyl sites for hydroxylation is 2. The third-order valence-corrected chi connectivity index (χ3v) is 4.61. The zero-order valence-electron chi connectivity index (χ0n) is 17.4. The van der Waals surface area contributed by atoms with Crippen LogP contribution in [-0.4, -0.2) is 35.7 Å². The Labute approximate surface area is 177 Å². The predicted octanol–water partition coefficient (Wildman–Crippen LogP) is 3.40. The van der Waals surface area contributed by atoms with Crippen LogP contribution in [0.4, 0.5) is 5.69 Å². The lowest BCUT2D eigenvalue weighted by molar-refractivity contribution is -0.118. The van der Waals surface area contributed by atoms with Gasteiger partial charge in [0.1, 0.15) is 0 Å². The number of imidazole rings is 1. The van der Waals surface area contributed by atoms with Crippen LogP contribution in [0.2, 0.25) is 0 Å². The molecule has 0 bridgehead atoms. The first-order valence-corrected chi connectivity index (χ1v) is 9.97. The molecule has 0 radical (unpaired) electrons. The summed E-state index contributed by atoms with van der Waals surface area (Å²) in [7, 11) is 1.59. The normalized spacial score (nSPS) is 10.6. The Morgan fingerprint density at radius 2 is 2.00 bits per heavy atom. The smallest absolute Gasteiger partial charge is 0.262 e. The van der Waals surface area contributed by atoms with Crippen molar-refractivity contribution in [1.29, 1.82) is 0 Å². The largest absolute Gasteiger partial charge is 0.493 e. The number of benzene rings is 2. The van der Waals surface area contributed by atoms with Crippen molar-refractivity contribution in [3.05, 3.63) is 72.3 Å². The predicted molar refractivity (Wildman–Crippen MR) is 117 cm³/mol. The maximum absolute atomic E-state index is 12.3. The molecule has 3 rings (SSSR count). The van der Waals surface area contributed by atoms with Crippen molar-refractivity contribution in [2.24, 2.45) is 0 Å². The molecular formula is C23H28N4O3. The van der Waals surface area contributed by atoms with Gasteiger partial charge >= 0.3 is 0 Å². The van der Waals surface area contributed by atoms with E-state index in [2.05, 4.69) is 20.2 Å². The third kappa shape index (κ3) is 6.35. The monoisotopic (exact) mass is 408 g/mol. The highest BCUT2D eigenvalue weighted by Crippen LogP contribution is 2.31. The molecule has 0 aliphatic heterocycles. The zero-order chi connectivity index (χ0) is 21.2. The number of carbonyl (C=O) groups excluding carboxylic acids is 1. The number of nitrogens with zero attached hydrogens (tertiary/aromatic N) is 2. The summed E-state index contributed by atoms with van der Waals surface area (Å²) in [5.74, 6) is 0.973. The van der Waals surface area contributed by atoms with E-state index in [0.717, 1.165) is 36.3 Å². The van der Waals surface area contributed by atoms with Gasteiger partial charge in [-0.25, -0.2) is 4.98 Å². The number of nitrogens with one attached hydrogen (secondary N) is 2. The van der Waals surface area contributed by atoms with E-state index in [0.29, 0.717) is 18.0 Å². The average molecular weight is 409 g/mol. The summed E-state index contributed by atoms with van der Waals surface area (Å²) in [5, 5.41) is 6.26. The maximum atomic E-state index is 12.3. The fraction of sp³-hybridized carbons (Fsp3) is 0.304. The molecule has 3 aromatic rings. The highest BCUT2D eigenvalue weighted by Gasteiger charge is 2.13. The van der Waals surface area contributed by atoms with Crippen molar-refractivity contribution in [3.63, 3.8) is 0 Å². The molecular weight excluding hydrogens is 380 g/mol. The first-order chi connectivity index (χ1) is 14.7. The first-order valence-electron chi connectivity index (χ1n) is 9.97. The van der Waals surface area contributed by atoms with Gasteiger partial charge in [-0.2, -0.15) is 0 Å². The summed E-state index contributed by atoms with van der Waals surface area (Å²) in [6.07, 6.45) is 6.53. The van der Waals surface area contributed by atoms with E-state index in [4.69, 9.17) is 9.47 Å². The van der Waals surface area contributed by atoms with Gasteiger partial charge in [-0.3, -0.25) is 4.79 Å². The molecule has 0 spiro atoms. The Hall–Kier alpha value is -3.32. The van der Waals surface area contributed by atoms with E-state index in [1.54, 1.807) is 13.3 Å². The topological polar surface area (TPSA) is 77.4 Å². The number of aromatic nitrogens is 2. The van der Waals surface area contributed by atoms with E-state index in [9.17, 15) is 4.79 Å². The Balaban J connectivity index is 1.52. The molecule has 1 aromatic heterocycles. The van der Waals surface area contributed by atoms with Gasteiger partial charge in [0.2, 0.25) is 0 Å². The molecule has 0 fully saturated rings. The van der Waals surface area contributed by atoms with Crippen molar-refractivity contribution in [2.45, 2.75) is 26.4 Å². The summed E-state index contributed by atoms with van der Waals surface area (Å²) in [6.45, 7) is 4.29. The van der Waals surface area contributed by atoms with E-state index in [1.165, 1.54) is 0 Å². The molecule has 0 unspecified atom stereocenters. The molecule has 0 aliphatic carbocycles. The van der Waals surface area contributed by atoms with E-state index >= 15 is 0 Å². The van der Waals surface area contributed by atoms with Crippen LogP contribution in [0.1, 0.15) is 17.5 Å². The fourth-order valence-electron chi connectivity index (χ4n) is 3.03. The average Bonchev–Trinajstić information content (AvgIpc) is 3.27. The molecule has 158 valence electrons. The minimum Gasteiger partial charge on any atom is -0.493 e. The second-order valence-electron chi connectivity index (χ2n) is 6.98. The van der Waals surface area contributed by atoms with Gasteiger partial charge in [-0.05, 0) is 38.1 Å². The lowest BCUT2D eigenvalue weighted by atomic mass is 10.2. The minimum absolute atomic E-state index is 0.0954. The van der Waals surface area contributed by atoms with Crippen LogP contribution in [0.25, 0.3) is 0 Å². The Morgan fingerprint density at radius 1 is 1.17 bits per heavy atom. The molecule has 30 heavy (non-hydrogen) atoms. The van der Waals surface area contributed by atoms with Crippen molar-refractivity contribution in [3.8, 4) is 11.5 Å². The first kappa shape index (κ1) is 21.4. The number of hydrogen-bond donors (Lipinski definition) is 2. The molecule has 1 amide bonds. The van der Waals surface area contributed by atoms with Crippen molar-refractivity contribution < 1.29 is 14.3 Å². The molecule has 0 saturated heterocycles. The summed E-state index contributed by atoms with van der Waals surface area (Å²) in [4.78, 5) is 16.3. The lowest BCUT2D eigenvalue weighted by Gasteiger charge is -2.15. The quantitative estimate of drug-likeness (QED) is 0.476. The number of carbonyl (C=O) groups is 1. The highest BCUT2D eigenvalue weighted by atomic mass is 16.5.